The zero-order valence-electron chi connectivity index (χ0n) is 24.5. The molecule has 0 fully saturated rings. The van der Waals surface area contributed by atoms with Gasteiger partial charge >= 0.3 is 0 Å². The molecule has 0 bridgehead atoms. The van der Waals surface area contributed by atoms with Gasteiger partial charge in [0.25, 0.3) is 15.7 Å². The third kappa shape index (κ3) is 7.67. The monoisotopic (exact) mass is 614 g/mol. The van der Waals surface area contributed by atoms with Gasteiger partial charge in [0, 0.05) is 31.6 Å². The summed E-state index contributed by atoms with van der Waals surface area (Å²) in [5.41, 5.74) is 2.12. The van der Waals surface area contributed by atoms with Crippen LogP contribution in [0.4, 0.5) is 11.4 Å². The molecule has 0 saturated carbocycles. The van der Waals surface area contributed by atoms with Gasteiger partial charge in [-0.25, -0.2) is 8.42 Å². The molecule has 11 heteroatoms. The summed E-state index contributed by atoms with van der Waals surface area (Å²) in [5, 5.41) is 14.4. The largest absolute Gasteiger partial charge is 0.355 e. The molecule has 4 aromatic carbocycles. The van der Waals surface area contributed by atoms with Gasteiger partial charge in [0.2, 0.25) is 11.8 Å². The third-order valence-corrected chi connectivity index (χ3v) is 8.95. The maximum Gasteiger partial charge on any atom is 0.271 e. The first-order valence-corrected chi connectivity index (χ1v) is 15.5. The Bertz CT molecular complexity index is 1710. The van der Waals surface area contributed by atoms with Crippen LogP contribution in [0.1, 0.15) is 23.6 Å². The van der Waals surface area contributed by atoms with E-state index in [1.165, 1.54) is 35.2 Å². The SMILES string of the molecule is CCNC(=O)[C@@H](Cc1ccccc1)N(Cc1ccccc1C)C(=O)CN(c1cccc([N+](=O)[O-])c1)S(=O)(=O)c1ccccc1. The summed E-state index contributed by atoms with van der Waals surface area (Å²) in [6, 6.07) is 28.4. The molecule has 228 valence electrons. The molecule has 0 aliphatic rings. The number of likely N-dealkylation sites (N-methyl/N-ethyl adjacent to an activating group) is 1. The molecule has 4 aromatic rings. The number of anilines is 1. The van der Waals surface area contributed by atoms with E-state index in [-0.39, 0.29) is 35.1 Å². The minimum atomic E-state index is -4.36. The Morgan fingerprint density at radius 2 is 1.52 bits per heavy atom. The molecule has 0 saturated heterocycles. The predicted molar refractivity (Wildman–Crippen MR) is 168 cm³/mol. The van der Waals surface area contributed by atoms with E-state index in [1.54, 1.807) is 25.1 Å². The van der Waals surface area contributed by atoms with Gasteiger partial charge in [-0.3, -0.25) is 24.0 Å². The summed E-state index contributed by atoms with van der Waals surface area (Å²) in [5.74, 6) is -1.03. The van der Waals surface area contributed by atoms with Gasteiger partial charge < -0.3 is 10.2 Å². The Morgan fingerprint density at radius 1 is 0.886 bits per heavy atom. The molecule has 0 aliphatic heterocycles. The quantitative estimate of drug-likeness (QED) is 0.169. The molecule has 0 aromatic heterocycles. The second-order valence-corrected chi connectivity index (χ2v) is 12.0. The average Bonchev–Trinajstić information content (AvgIpc) is 3.03. The van der Waals surface area contributed by atoms with Gasteiger partial charge in [0.1, 0.15) is 12.6 Å². The molecular formula is C33H34N4O6S. The number of benzene rings is 4. The number of non-ortho nitro benzene ring substituents is 1. The molecule has 4 rings (SSSR count). The molecule has 44 heavy (non-hydrogen) atoms. The molecule has 1 N–H and O–H groups in total. The van der Waals surface area contributed by atoms with Crippen molar-refractivity contribution in [2.75, 3.05) is 17.4 Å². The molecule has 0 aliphatic carbocycles. The van der Waals surface area contributed by atoms with Gasteiger partial charge in [-0.2, -0.15) is 0 Å². The average molecular weight is 615 g/mol. The van der Waals surface area contributed by atoms with Crippen molar-refractivity contribution in [3.05, 3.63) is 136 Å². The Balaban J connectivity index is 1.83. The summed E-state index contributed by atoms with van der Waals surface area (Å²) in [7, 11) is -4.36. The van der Waals surface area contributed by atoms with Crippen molar-refractivity contribution in [3.8, 4) is 0 Å². The van der Waals surface area contributed by atoms with E-state index in [0.29, 0.717) is 6.54 Å². The minimum absolute atomic E-state index is 0.0360. The third-order valence-electron chi connectivity index (χ3n) is 7.16. The fourth-order valence-corrected chi connectivity index (χ4v) is 6.25. The maximum atomic E-state index is 14.4. The van der Waals surface area contributed by atoms with Crippen molar-refractivity contribution in [1.29, 1.82) is 0 Å². The number of nitrogens with zero attached hydrogens (tertiary/aromatic N) is 3. The van der Waals surface area contributed by atoms with Gasteiger partial charge in [-0.1, -0.05) is 78.9 Å². The fraction of sp³-hybridized carbons (Fsp3) is 0.212. The van der Waals surface area contributed by atoms with Crippen LogP contribution in [0.2, 0.25) is 0 Å². The number of sulfonamides is 1. The first kappa shape index (κ1) is 31.9. The second-order valence-electron chi connectivity index (χ2n) is 10.1. The Morgan fingerprint density at radius 3 is 2.16 bits per heavy atom. The summed E-state index contributed by atoms with van der Waals surface area (Å²) >= 11 is 0. The number of nitro groups is 1. The van der Waals surface area contributed by atoms with Crippen molar-refractivity contribution in [1.82, 2.24) is 10.2 Å². The standard InChI is InChI=1S/C33H34N4O6S/c1-3-34-33(39)31(21-26-14-6-4-7-15-26)35(23-27-16-11-10-13-25(27)2)32(38)24-36(28-17-12-18-29(22-28)37(40)41)44(42,43)30-19-8-5-9-20-30/h4-20,22,31H,3,21,23-24H2,1-2H3,(H,34,39)/t31-/m1/s1. The topological polar surface area (TPSA) is 130 Å². The molecule has 0 radical (unpaired) electrons. The van der Waals surface area contributed by atoms with Gasteiger partial charge in [0.05, 0.1) is 15.5 Å². The van der Waals surface area contributed by atoms with E-state index >= 15 is 0 Å². The lowest BCUT2D eigenvalue weighted by Gasteiger charge is -2.34. The Hall–Kier alpha value is -5.03. The van der Waals surface area contributed by atoms with Gasteiger partial charge in [-0.15, -0.1) is 0 Å². The number of hydrogen-bond donors (Lipinski definition) is 1. The molecule has 0 heterocycles. The van der Waals surface area contributed by atoms with E-state index in [4.69, 9.17) is 0 Å². The summed E-state index contributed by atoms with van der Waals surface area (Å²) in [4.78, 5) is 40.2. The van der Waals surface area contributed by atoms with Crippen LogP contribution in [-0.2, 0) is 32.6 Å². The maximum absolute atomic E-state index is 14.4. The fourth-order valence-electron chi connectivity index (χ4n) is 4.83. The Kier molecular flexibility index (Phi) is 10.5. The summed E-state index contributed by atoms with van der Waals surface area (Å²) in [6.45, 7) is 3.34. The smallest absolute Gasteiger partial charge is 0.271 e. The highest BCUT2D eigenvalue weighted by Gasteiger charge is 2.35. The van der Waals surface area contributed by atoms with Crippen LogP contribution in [0.15, 0.2) is 114 Å². The molecular weight excluding hydrogens is 580 g/mol. The number of amides is 2. The van der Waals surface area contributed by atoms with Crippen LogP contribution in [-0.4, -0.2) is 49.2 Å². The molecule has 0 unspecified atom stereocenters. The van der Waals surface area contributed by atoms with E-state index in [2.05, 4.69) is 5.32 Å². The first-order chi connectivity index (χ1) is 21.1. The predicted octanol–water partition coefficient (Wildman–Crippen LogP) is 4.87. The van der Waals surface area contributed by atoms with Crippen LogP contribution in [0, 0.1) is 17.0 Å². The van der Waals surface area contributed by atoms with Crippen LogP contribution in [0.25, 0.3) is 0 Å². The van der Waals surface area contributed by atoms with E-state index in [1.807, 2.05) is 61.5 Å². The van der Waals surface area contributed by atoms with Gasteiger partial charge in [-0.05, 0) is 48.7 Å². The normalized spacial score (nSPS) is 11.8. The van der Waals surface area contributed by atoms with Gasteiger partial charge in [0.15, 0.2) is 0 Å². The number of hydrogen-bond acceptors (Lipinski definition) is 6. The van der Waals surface area contributed by atoms with Crippen LogP contribution >= 0.6 is 0 Å². The molecule has 10 nitrogen and oxygen atoms in total. The number of nitrogens with one attached hydrogen (secondary N) is 1. The zero-order valence-corrected chi connectivity index (χ0v) is 25.3. The Labute approximate surface area is 257 Å². The molecule has 2 amide bonds. The molecule has 1 atom stereocenters. The number of rotatable bonds is 13. The summed E-state index contributed by atoms with van der Waals surface area (Å²) in [6.07, 6.45) is 0.187. The van der Waals surface area contributed by atoms with Crippen molar-refractivity contribution in [2.45, 2.75) is 37.8 Å². The van der Waals surface area contributed by atoms with Crippen molar-refractivity contribution >= 4 is 33.2 Å². The van der Waals surface area contributed by atoms with Crippen LogP contribution in [0.3, 0.4) is 0 Å². The molecule has 0 spiro atoms. The van der Waals surface area contributed by atoms with E-state index in [9.17, 15) is 28.1 Å². The van der Waals surface area contributed by atoms with Crippen molar-refractivity contribution in [3.63, 3.8) is 0 Å². The lowest BCUT2D eigenvalue weighted by atomic mass is 10.0. The van der Waals surface area contributed by atoms with Crippen molar-refractivity contribution < 1.29 is 22.9 Å². The van der Waals surface area contributed by atoms with Crippen molar-refractivity contribution in [2.24, 2.45) is 0 Å². The lowest BCUT2D eigenvalue weighted by molar-refractivity contribution is -0.384. The first-order valence-electron chi connectivity index (χ1n) is 14.1. The lowest BCUT2D eigenvalue weighted by Crippen LogP contribution is -2.53. The van der Waals surface area contributed by atoms with E-state index < -0.39 is 33.4 Å². The van der Waals surface area contributed by atoms with Crippen LogP contribution < -0.4 is 9.62 Å². The number of carbonyl (C=O) groups is 2. The second kappa shape index (κ2) is 14.4. The zero-order chi connectivity index (χ0) is 31.7. The van der Waals surface area contributed by atoms with Crippen LogP contribution in [0.5, 0.6) is 0 Å². The highest BCUT2D eigenvalue weighted by molar-refractivity contribution is 7.92. The minimum Gasteiger partial charge on any atom is -0.355 e. The number of nitro benzene ring substituents is 1. The number of carbonyl (C=O) groups excluding carboxylic acids is 2. The summed E-state index contributed by atoms with van der Waals surface area (Å²) < 4.78 is 28.8. The highest BCUT2D eigenvalue weighted by atomic mass is 32.2. The number of aryl methyl sites for hydroxylation is 1. The van der Waals surface area contributed by atoms with E-state index in [0.717, 1.165) is 27.1 Å². The highest BCUT2D eigenvalue weighted by Crippen LogP contribution is 2.28.